The highest BCUT2D eigenvalue weighted by Gasteiger charge is 2.41. The molecule has 1 heteroatoms. The highest BCUT2D eigenvalue weighted by atomic mass is 16.1. The minimum atomic E-state index is -0.318. The Bertz CT molecular complexity index is 433. The first-order valence-corrected chi connectivity index (χ1v) is 5.79. The first kappa shape index (κ1) is 11.1. The predicted octanol–water partition coefficient (Wildman–Crippen LogP) is 3.60. The maximum Gasteiger partial charge on any atom is 0.130 e. The Kier molecular flexibility index (Phi) is 2.71. The van der Waals surface area contributed by atoms with Crippen molar-refractivity contribution in [2.75, 3.05) is 0 Å². The number of hydrogen-bond acceptors (Lipinski definition) is 1. The molecule has 1 aliphatic rings. The van der Waals surface area contributed by atoms with Gasteiger partial charge in [0.15, 0.2) is 0 Å². The van der Waals surface area contributed by atoms with Crippen LogP contribution in [-0.2, 0) is 10.2 Å². The van der Waals surface area contributed by atoms with Crippen molar-refractivity contribution in [1.82, 2.24) is 0 Å². The van der Waals surface area contributed by atoms with Crippen molar-refractivity contribution in [3.63, 3.8) is 0 Å². The fourth-order valence-electron chi connectivity index (χ4n) is 3.01. The molecule has 1 aromatic rings. The Morgan fingerprint density at radius 2 is 2.25 bits per heavy atom. The highest BCUT2D eigenvalue weighted by molar-refractivity contribution is 5.73. The molecule has 16 heavy (non-hydrogen) atoms. The van der Waals surface area contributed by atoms with Crippen molar-refractivity contribution in [3.8, 4) is 0 Å². The maximum absolute atomic E-state index is 11.5. The Labute approximate surface area is 97.2 Å². The average Bonchev–Trinajstić information content (AvgIpc) is 2.53. The van der Waals surface area contributed by atoms with E-state index in [1.54, 1.807) is 0 Å². The number of rotatable bonds is 3. The van der Waals surface area contributed by atoms with Gasteiger partial charge in [-0.1, -0.05) is 36.8 Å². The molecule has 0 fully saturated rings. The normalized spacial score (nSPS) is 27.5. The summed E-state index contributed by atoms with van der Waals surface area (Å²) in [7, 11) is 0. The van der Waals surface area contributed by atoms with Crippen LogP contribution in [0.15, 0.2) is 36.4 Å². The van der Waals surface area contributed by atoms with Gasteiger partial charge < -0.3 is 4.79 Å². The molecular weight excluding hydrogens is 196 g/mol. The molecule has 0 heterocycles. The number of aldehydes is 1. The molecule has 0 radical (unpaired) electrons. The van der Waals surface area contributed by atoms with Gasteiger partial charge in [-0.05, 0) is 36.8 Å². The maximum atomic E-state index is 11.5. The Morgan fingerprint density at radius 1 is 1.56 bits per heavy atom. The van der Waals surface area contributed by atoms with Crippen LogP contribution in [-0.4, -0.2) is 6.29 Å². The Balaban J connectivity index is 2.51. The summed E-state index contributed by atoms with van der Waals surface area (Å²) in [5.41, 5.74) is 3.30. The van der Waals surface area contributed by atoms with E-state index in [0.717, 1.165) is 24.7 Å². The number of allylic oxidation sites excluding steroid dienone is 1. The van der Waals surface area contributed by atoms with Gasteiger partial charge in [0.05, 0.1) is 5.41 Å². The predicted molar refractivity (Wildman–Crippen MR) is 66.6 cm³/mol. The molecular formula is C15H18O. The first-order chi connectivity index (χ1) is 7.59. The van der Waals surface area contributed by atoms with E-state index < -0.39 is 0 Å². The lowest BCUT2D eigenvalue weighted by molar-refractivity contribution is -0.112. The lowest BCUT2D eigenvalue weighted by Crippen LogP contribution is -2.25. The van der Waals surface area contributed by atoms with Crippen LogP contribution in [0.4, 0.5) is 0 Å². The molecule has 0 amide bonds. The van der Waals surface area contributed by atoms with E-state index in [2.05, 4.69) is 31.7 Å². The van der Waals surface area contributed by atoms with Crippen LogP contribution >= 0.6 is 0 Å². The fourth-order valence-corrected chi connectivity index (χ4v) is 3.01. The van der Waals surface area contributed by atoms with E-state index in [0.29, 0.717) is 5.92 Å². The second-order valence-corrected chi connectivity index (χ2v) is 5.10. The third-order valence-corrected chi connectivity index (χ3v) is 3.54. The van der Waals surface area contributed by atoms with Crippen LogP contribution in [0.2, 0.25) is 0 Å². The third-order valence-electron chi connectivity index (χ3n) is 3.54. The van der Waals surface area contributed by atoms with E-state index in [1.165, 1.54) is 11.1 Å². The van der Waals surface area contributed by atoms with Crippen molar-refractivity contribution < 1.29 is 4.79 Å². The van der Waals surface area contributed by atoms with E-state index in [9.17, 15) is 4.79 Å². The number of benzene rings is 1. The molecule has 0 saturated heterocycles. The molecule has 2 atom stereocenters. The van der Waals surface area contributed by atoms with Crippen LogP contribution in [0, 0.1) is 0 Å². The number of hydrogen-bond donors (Lipinski definition) is 0. The van der Waals surface area contributed by atoms with Gasteiger partial charge >= 0.3 is 0 Å². The van der Waals surface area contributed by atoms with Gasteiger partial charge in [0.1, 0.15) is 6.29 Å². The lowest BCUT2D eigenvalue weighted by atomic mass is 9.78. The SMILES string of the molecule is C=C(C)CC1(C=O)CC(C)c2ccccc21. The minimum Gasteiger partial charge on any atom is -0.302 e. The molecule has 0 bridgehead atoms. The third kappa shape index (κ3) is 1.60. The molecule has 0 aliphatic heterocycles. The van der Waals surface area contributed by atoms with E-state index in [4.69, 9.17) is 0 Å². The van der Waals surface area contributed by atoms with E-state index in [-0.39, 0.29) is 5.41 Å². The molecule has 0 saturated carbocycles. The summed E-state index contributed by atoms with van der Waals surface area (Å²) < 4.78 is 0. The first-order valence-electron chi connectivity index (χ1n) is 5.79. The van der Waals surface area contributed by atoms with Gasteiger partial charge in [-0.3, -0.25) is 0 Å². The van der Waals surface area contributed by atoms with Crippen LogP contribution < -0.4 is 0 Å². The largest absolute Gasteiger partial charge is 0.302 e. The second kappa shape index (κ2) is 3.89. The quantitative estimate of drug-likeness (QED) is 0.555. The molecule has 0 aromatic heterocycles. The van der Waals surface area contributed by atoms with Gasteiger partial charge in [0, 0.05) is 0 Å². The number of carbonyl (C=O) groups excluding carboxylic acids is 1. The standard InChI is InChI=1S/C15H18O/c1-11(2)8-15(10-16)9-12(3)13-6-4-5-7-14(13)15/h4-7,10,12H,1,8-9H2,2-3H3. The Morgan fingerprint density at radius 3 is 2.88 bits per heavy atom. The zero-order valence-corrected chi connectivity index (χ0v) is 9.99. The summed E-state index contributed by atoms with van der Waals surface area (Å²) in [6.07, 6.45) is 2.82. The molecule has 84 valence electrons. The van der Waals surface area contributed by atoms with Gasteiger partial charge in [0.2, 0.25) is 0 Å². The van der Waals surface area contributed by atoms with Crippen molar-refractivity contribution in [2.45, 2.75) is 38.0 Å². The molecule has 2 rings (SSSR count). The monoisotopic (exact) mass is 214 g/mol. The Hall–Kier alpha value is -1.37. The average molecular weight is 214 g/mol. The smallest absolute Gasteiger partial charge is 0.130 e. The fraction of sp³-hybridized carbons (Fsp3) is 0.400. The van der Waals surface area contributed by atoms with Crippen LogP contribution in [0.3, 0.4) is 0 Å². The van der Waals surface area contributed by atoms with Gasteiger partial charge in [0.25, 0.3) is 0 Å². The van der Waals surface area contributed by atoms with Crippen LogP contribution in [0.25, 0.3) is 0 Å². The van der Waals surface area contributed by atoms with Crippen molar-refractivity contribution in [3.05, 3.63) is 47.5 Å². The molecule has 2 unspecified atom stereocenters. The summed E-state index contributed by atoms with van der Waals surface area (Å²) in [4.78, 5) is 11.5. The topological polar surface area (TPSA) is 17.1 Å². The van der Waals surface area contributed by atoms with Gasteiger partial charge in [-0.2, -0.15) is 0 Å². The second-order valence-electron chi connectivity index (χ2n) is 5.10. The van der Waals surface area contributed by atoms with Crippen LogP contribution in [0.1, 0.15) is 43.7 Å². The summed E-state index contributed by atoms with van der Waals surface area (Å²) in [6, 6.07) is 8.31. The van der Waals surface area contributed by atoms with E-state index in [1.807, 2.05) is 13.0 Å². The molecule has 1 aromatic carbocycles. The minimum absolute atomic E-state index is 0.318. The number of fused-ring (bicyclic) bond motifs is 1. The summed E-state index contributed by atoms with van der Waals surface area (Å²) >= 11 is 0. The lowest BCUT2D eigenvalue weighted by Gasteiger charge is -2.24. The number of carbonyl (C=O) groups is 1. The molecule has 0 N–H and O–H groups in total. The molecule has 0 spiro atoms. The van der Waals surface area contributed by atoms with Gasteiger partial charge in [-0.15, -0.1) is 6.58 Å². The van der Waals surface area contributed by atoms with Crippen molar-refractivity contribution in [1.29, 1.82) is 0 Å². The van der Waals surface area contributed by atoms with E-state index >= 15 is 0 Å². The molecule has 1 aliphatic carbocycles. The van der Waals surface area contributed by atoms with Gasteiger partial charge in [-0.25, -0.2) is 0 Å². The van der Waals surface area contributed by atoms with Crippen molar-refractivity contribution in [2.24, 2.45) is 0 Å². The zero-order valence-electron chi connectivity index (χ0n) is 9.99. The summed E-state index contributed by atoms with van der Waals surface area (Å²) in [5, 5.41) is 0. The zero-order chi connectivity index (χ0) is 11.8. The van der Waals surface area contributed by atoms with Crippen LogP contribution in [0.5, 0.6) is 0 Å². The molecule has 1 nitrogen and oxygen atoms in total. The summed E-state index contributed by atoms with van der Waals surface area (Å²) in [5.74, 6) is 0.473. The summed E-state index contributed by atoms with van der Waals surface area (Å²) in [6.45, 7) is 8.14. The highest BCUT2D eigenvalue weighted by Crippen LogP contribution is 2.47. The van der Waals surface area contributed by atoms with Crippen molar-refractivity contribution >= 4 is 6.29 Å².